The average Bonchev–Trinajstić information content (AvgIpc) is 3.28. The number of anilines is 1. The molecule has 1 aliphatic rings. The number of thioether (sulfide) groups is 1. The van der Waals surface area contributed by atoms with Crippen LogP contribution in [0.2, 0.25) is 0 Å². The second-order valence-electron chi connectivity index (χ2n) is 5.36. The van der Waals surface area contributed by atoms with Gasteiger partial charge >= 0.3 is 0 Å². The fourth-order valence-corrected chi connectivity index (χ4v) is 3.02. The lowest BCUT2D eigenvalue weighted by atomic mass is 10.2. The number of aromatic nitrogens is 5. The predicted octanol–water partition coefficient (Wildman–Crippen LogP) is 1.46. The molecular weight excluding hydrogens is 360 g/mol. The molecule has 1 amide bonds. The van der Waals surface area contributed by atoms with Crippen LogP contribution in [0.25, 0.3) is 5.69 Å². The molecule has 0 aliphatic carbocycles. The first kappa shape index (κ1) is 16.4. The first-order chi connectivity index (χ1) is 12.7. The van der Waals surface area contributed by atoms with Gasteiger partial charge in [0.1, 0.15) is 19.0 Å². The second kappa shape index (κ2) is 7.04. The van der Waals surface area contributed by atoms with Crippen molar-refractivity contribution in [2.75, 3.05) is 24.3 Å². The van der Waals surface area contributed by atoms with Gasteiger partial charge in [0, 0.05) is 12.1 Å². The lowest BCUT2D eigenvalue weighted by Crippen LogP contribution is -2.16. The van der Waals surface area contributed by atoms with E-state index in [4.69, 9.17) is 14.0 Å². The topological polar surface area (TPSA) is 117 Å². The lowest BCUT2D eigenvalue weighted by molar-refractivity contribution is -0.113. The Bertz CT molecular complexity index is 940. The molecule has 4 rings (SSSR count). The number of nitrogens with zero attached hydrogens (tertiary/aromatic N) is 5. The summed E-state index contributed by atoms with van der Waals surface area (Å²) in [4.78, 5) is 12.0. The van der Waals surface area contributed by atoms with Crippen LogP contribution in [0.1, 0.15) is 5.76 Å². The fraction of sp³-hybridized carbons (Fsp3) is 0.267. The summed E-state index contributed by atoms with van der Waals surface area (Å²) >= 11 is 1.20. The molecule has 1 aromatic carbocycles. The molecule has 3 aromatic rings. The standard InChI is InChI=1S/C15H14N6O4S/c1-9-6-13(18-25-9)16-14(22)8-26-15-17-19-20-21(15)10-2-3-11-12(7-10)24-5-4-23-11/h2-3,6-7H,4-5,8H2,1H3,(H,16,18,22). The third-order valence-electron chi connectivity index (χ3n) is 3.44. The first-order valence-corrected chi connectivity index (χ1v) is 8.72. The first-order valence-electron chi connectivity index (χ1n) is 7.73. The summed E-state index contributed by atoms with van der Waals surface area (Å²) in [6, 6.07) is 7.07. The van der Waals surface area contributed by atoms with Crippen LogP contribution in [-0.4, -0.2) is 50.2 Å². The zero-order valence-electron chi connectivity index (χ0n) is 13.7. The van der Waals surface area contributed by atoms with E-state index in [1.165, 1.54) is 16.4 Å². The molecule has 0 fully saturated rings. The van der Waals surface area contributed by atoms with Crippen molar-refractivity contribution >= 4 is 23.5 Å². The monoisotopic (exact) mass is 374 g/mol. The minimum atomic E-state index is -0.236. The van der Waals surface area contributed by atoms with Gasteiger partial charge < -0.3 is 19.3 Å². The van der Waals surface area contributed by atoms with Crippen molar-refractivity contribution in [3.05, 3.63) is 30.0 Å². The van der Waals surface area contributed by atoms with E-state index in [9.17, 15) is 4.79 Å². The lowest BCUT2D eigenvalue weighted by Gasteiger charge is -2.18. The molecule has 0 saturated heterocycles. The van der Waals surface area contributed by atoms with Gasteiger partial charge in [-0.3, -0.25) is 4.79 Å². The molecule has 0 spiro atoms. The van der Waals surface area contributed by atoms with Crippen LogP contribution >= 0.6 is 11.8 Å². The average molecular weight is 374 g/mol. The Balaban J connectivity index is 1.44. The number of rotatable bonds is 5. The van der Waals surface area contributed by atoms with Crippen LogP contribution in [0.3, 0.4) is 0 Å². The number of benzene rings is 1. The predicted molar refractivity (Wildman–Crippen MR) is 90.7 cm³/mol. The molecule has 2 aromatic heterocycles. The molecule has 0 atom stereocenters. The van der Waals surface area contributed by atoms with Gasteiger partial charge in [0.15, 0.2) is 17.3 Å². The molecule has 0 saturated carbocycles. The zero-order chi connectivity index (χ0) is 17.9. The summed E-state index contributed by atoms with van der Waals surface area (Å²) in [5, 5.41) is 18.5. The van der Waals surface area contributed by atoms with Crippen LogP contribution in [-0.2, 0) is 4.79 Å². The molecule has 11 heteroatoms. The number of ether oxygens (including phenoxy) is 2. The molecule has 0 bridgehead atoms. The van der Waals surface area contributed by atoms with Gasteiger partial charge in [0.25, 0.3) is 0 Å². The Kier molecular flexibility index (Phi) is 4.44. The summed E-state index contributed by atoms with van der Waals surface area (Å²) in [6.07, 6.45) is 0. The van der Waals surface area contributed by atoms with Gasteiger partial charge in [0.05, 0.1) is 11.4 Å². The van der Waals surface area contributed by atoms with Gasteiger partial charge in [-0.1, -0.05) is 16.9 Å². The Morgan fingerprint density at radius 1 is 1.27 bits per heavy atom. The van der Waals surface area contributed by atoms with Gasteiger partial charge in [-0.2, -0.15) is 4.68 Å². The summed E-state index contributed by atoms with van der Waals surface area (Å²) in [5.74, 6) is 2.20. The number of amides is 1. The van der Waals surface area contributed by atoms with Gasteiger partial charge in [-0.25, -0.2) is 0 Å². The summed E-state index contributed by atoms with van der Waals surface area (Å²) in [6.45, 7) is 2.77. The van der Waals surface area contributed by atoms with Crippen molar-refractivity contribution in [3.8, 4) is 17.2 Å². The number of aryl methyl sites for hydroxylation is 1. The van der Waals surface area contributed by atoms with E-state index in [2.05, 4.69) is 26.0 Å². The van der Waals surface area contributed by atoms with Gasteiger partial charge in [-0.15, -0.1) is 5.10 Å². The number of hydrogen-bond acceptors (Lipinski definition) is 9. The molecule has 26 heavy (non-hydrogen) atoms. The largest absolute Gasteiger partial charge is 0.486 e. The SMILES string of the molecule is Cc1cc(NC(=O)CSc2nnnn2-c2ccc3c(c2)OCCO3)no1. The fourth-order valence-electron chi connectivity index (χ4n) is 2.33. The number of carbonyl (C=O) groups excluding carboxylic acids is 1. The van der Waals surface area contributed by atoms with Crippen molar-refractivity contribution in [2.24, 2.45) is 0 Å². The second-order valence-corrected chi connectivity index (χ2v) is 6.30. The van der Waals surface area contributed by atoms with Crippen molar-refractivity contribution in [1.82, 2.24) is 25.4 Å². The smallest absolute Gasteiger partial charge is 0.236 e. The molecule has 0 radical (unpaired) electrons. The Hall–Kier alpha value is -3.08. The quantitative estimate of drug-likeness (QED) is 0.662. The highest BCUT2D eigenvalue weighted by Crippen LogP contribution is 2.32. The maximum absolute atomic E-state index is 12.0. The number of hydrogen-bond donors (Lipinski definition) is 1. The van der Waals surface area contributed by atoms with Crippen LogP contribution < -0.4 is 14.8 Å². The number of carbonyl (C=O) groups is 1. The minimum absolute atomic E-state index is 0.122. The third kappa shape index (κ3) is 3.47. The summed E-state index contributed by atoms with van der Waals surface area (Å²) in [7, 11) is 0. The highest BCUT2D eigenvalue weighted by Gasteiger charge is 2.16. The maximum Gasteiger partial charge on any atom is 0.236 e. The van der Waals surface area contributed by atoms with E-state index in [-0.39, 0.29) is 11.7 Å². The van der Waals surface area contributed by atoms with E-state index in [0.29, 0.717) is 47.1 Å². The van der Waals surface area contributed by atoms with E-state index in [1.807, 2.05) is 6.07 Å². The normalized spacial score (nSPS) is 12.8. The molecule has 134 valence electrons. The molecule has 3 heterocycles. The van der Waals surface area contributed by atoms with E-state index in [0.717, 1.165) is 0 Å². The van der Waals surface area contributed by atoms with Crippen molar-refractivity contribution in [3.63, 3.8) is 0 Å². The van der Waals surface area contributed by atoms with Crippen LogP contribution in [0, 0.1) is 6.92 Å². The van der Waals surface area contributed by atoms with Crippen LogP contribution in [0.5, 0.6) is 11.5 Å². The van der Waals surface area contributed by atoms with Gasteiger partial charge in [0.2, 0.25) is 11.1 Å². The van der Waals surface area contributed by atoms with Crippen molar-refractivity contribution < 1.29 is 18.8 Å². The maximum atomic E-state index is 12.0. The van der Waals surface area contributed by atoms with Crippen LogP contribution in [0.15, 0.2) is 33.9 Å². The van der Waals surface area contributed by atoms with E-state index in [1.54, 1.807) is 25.1 Å². The number of nitrogens with one attached hydrogen (secondary N) is 1. The molecule has 1 N–H and O–H groups in total. The van der Waals surface area contributed by atoms with Gasteiger partial charge in [-0.05, 0) is 29.5 Å². The van der Waals surface area contributed by atoms with Crippen molar-refractivity contribution in [2.45, 2.75) is 12.1 Å². The minimum Gasteiger partial charge on any atom is -0.486 e. The molecule has 1 aliphatic heterocycles. The molecule has 0 unspecified atom stereocenters. The van der Waals surface area contributed by atoms with Crippen molar-refractivity contribution in [1.29, 1.82) is 0 Å². The number of fused-ring (bicyclic) bond motifs is 1. The van der Waals surface area contributed by atoms with Crippen LogP contribution in [0.4, 0.5) is 5.82 Å². The summed E-state index contributed by atoms with van der Waals surface area (Å²) in [5.41, 5.74) is 0.717. The number of tetrazole rings is 1. The Labute approximate surface area is 151 Å². The summed E-state index contributed by atoms with van der Waals surface area (Å²) < 4.78 is 17.5. The molecular formula is C15H14N6O4S. The third-order valence-corrected chi connectivity index (χ3v) is 4.36. The van der Waals surface area contributed by atoms with E-state index >= 15 is 0 Å². The van der Waals surface area contributed by atoms with E-state index < -0.39 is 0 Å². The molecule has 10 nitrogen and oxygen atoms in total. The highest BCUT2D eigenvalue weighted by atomic mass is 32.2. The highest BCUT2D eigenvalue weighted by molar-refractivity contribution is 7.99. The Morgan fingerprint density at radius 3 is 2.92 bits per heavy atom. The zero-order valence-corrected chi connectivity index (χ0v) is 14.5. The Morgan fingerprint density at radius 2 is 2.12 bits per heavy atom.